The second-order valence-corrected chi connectivity index (χ2v) is 7.21. The maximum atomic E-state index is 12.7. The molecule has 0 heterocycles. The Bertz CT molecular complexity index is 927. The van der Waals surface area contributed by atoms with Crippen LogP contribution >= 0.6 is 0 Å². The monoisotopic (exact) mass is 361 g/mol. The van der Waals surface area contributed by atoms with Gasteiger partial charge in [0.2, 0.25) is 0 Å². The van der Waals surface area contributed by atoms with E-state index in [0.29, 0.717) is 12.6 Å². The molecule has 1 aliphatic carbocycles. The number of rotatable bonds is 7. The Kier molecular flexibility index (Phi) is 5.07. The summed E-state index contributed by atoms with van der Waals surface area (Å²) in [7, 11) is 1.67. The molecule has 0 aromatic heterocycles. The van der Waals surface area contributed by atoms with Crippen LogP contribution in [0.25, 0.3) is 10.8 Å². The van der Waals surface area contributed by atoms with Gasteiger partial charge in [-0.25, -0.2) is 0 Å². The van der Waals surface area contributed by atoms with Crippen molar-refractivity contribution in [2.45, 2.75) is 25.4 Å². The van der Waals surface area contributed by atoms with Crippen LogP contribution in [0.5, 0.6) is 5.75 Å². The Balaban J connectivity index is 1.44. The van der Waals surface area contributed by atoms with E-state index in [4.69, 9.17) is 4.74 Å². The van der Waals surface area contributed by atoms with Crippen LogP contribution in [-0.2, 0) is 11.3 Å². The third kappa shape index (κ3) is 4.29. The molecule has 0 saturated heterocycles. The number of anilines is 1. The van der Waals surface area contributed by atoms with Gasteiger partial charge in [-0.1, -0.05) is 36.4 Å². The van der Waals surface area contributed by atoms with Gasteiger partial charge in [0.15, 0.2) is 6.54 Å². The molecule has 4 heteroatoms. The molecule has 3 aromatic carbocycles. The van der Waals surface area contributed by atoms with Gasteiger partial charge in [-0.15, -0.1) is 0 Å². The molecule has 1 unspecified atom stereocenters. The molecule has 1 aliphatic rings. The zero-order valence-electron chi connectivity index (χ0n) is 15.6. The third-order valence-corrected chi connectivity index (χ3v) is 5.20. The maximum Gasteiger partial charge on any atom is 0.279 e. The SMILES string of the molecule is COc1ccc(C[NH+](CC(=O)Nc2cccc3ccccc23)C2CC2)cc1. The number of methoxy groups -OCH3 is 1. The number of amides is 1. The maximum absolute atomic E-state index is 12.7. The molecule has 27 heavy (non-hydrogen) atoms. The van der Waals surface area contributed by atoms with Crippen LogP contribution in [0, 0.1) is 0 Å². The van der Waals surface area contributed by atoms with Crippen molar-refractivity contribution >= 4 is 22.4 Å². The average Bonchev–Trinajstić information content (AvgIpc) is 3.54. The third-order valence-electron chi connectivity index (χ3n) is 5.20. The standard InChI is InChI=1S/C23H24N2O2/c1-27-20-13-9-17(10-14-20)15-25(19-11-12-19)16-23(26)24-22-8-4-6-18-5-2-3-7-21(18)22/h2-10,13-14,19H,11-12,15-16H2,1H3,(H,24,26)/p+1. The highest BCUT2D eigenvalue weighted by molar-refractivity contribution is 6.02. The highest BCUT2D eigenvalue weighted by Crippen LogP contribution is 2.23. The largest absolute Gasteiger partial charge is 0.497 e. The summed E-state index contributed by atoms with van der Waals surface area (Å²) >= 11 is 0. The fourth-order valence-corrected chi connectivity index (χ4v) is 3.58. The molecule has 0 aliphatic heterocycles. The summed E-state index contributed by atoms with van der Waals surface area (Å²) in [5.41, 5.74) is 2.12. The molecule has 0 bridgehead atoms. The topological polar surface area (TPSA) is 42.8 Å². The molecule has 1 atom stereocenters. The van der Waals surface area contributed by atoms with Crippen molar-refractivity contribution in [1.29, 1.82) is 0 Å². The van der Waals surface area contributed by atoms with Crippen LogP contribution in [0.1, 0.15) is 18.4 Å². The number of hydrogen-bond donors (Lipinski definition) is 2. The predicted octanol–water partition coefficient (Wildman–Crippen LogP) is 3.03. The first kappa shape index (κ1) is 17.6. The molecule has 1 amide bonds. The highest BCUT2D eigenvalue weighted by atomic mass is 16.5. The molecule has 2 N–H and O–H groups in total. The second kappa shape index (κ2) is 7.80. The van der Waals surface area contributed by atoms with E-state index in [9.17, 15) is 4.79 Å². The van der Waals surface area contributed by atoms with Gasteiger partial charge in [-0.3, -0.25) is 4.79 Å². The van der Waals surface area contributed by atoms with E-state index in [1.165, 1.54) is 23.3 Å². The van der Waals surface area contributed by atoms with Crippen molar-refractivity contribution in [3.8, 4) is 5.75 Å². The van der Waals surface area contributed by atoms with Crippen LogP contribution in [-0.4, -0.2) is 25.6 Å². The van der Waals surface area contributed by atoms with E-state index >= 15 is 0 Å². The summed E-state index contributed by atoms with van der Waals surface area (Å²) in [6, 6.07) is 22.9. The predicted molar refractivity (Wildman–Crippen MR) is 108 cm³/mol. The van der Waals surface area contributed by atoms with Crippen molar-refractivity contribution < 1.29 is 14.4 Å². The van der Waals surface area contributed by atoms with E-state index in [-0.39, 0.29) is 5.91 Å². The molecule has 1 saturated carbocycles. The number of nitrogens with one attached hydrogen (secondary N) is 2. The Hall–Kier alpha value is -2.85. The van der Waals surface area contributed by atoms with Crippen LogP contribution in [0.15, 0.2) is 66.7 Å². The van der Waals surface area contributed by atoms with Crippen molar-refractivity contribution in [2.24, 2.45) is 0 Å². The van der Waals surface area contributed by atoms with Crippen LogP contribution in [0.4, 0.5) is 5.69 Å². The molecule has 4 nitrogen and oxygen atoms in total. The van der Waals surface area contributed by atoms with Gasteiger partial charge < -0.3 is 15.0 Å². The van der Waals surface area contributed by atoms with Crippen LogP contribution in [0.3, 0.4) is 0 Å². The van der Waals surface area contributed by atoms with Crippen molar-refractivity contribution in [3.05, 3.63) is 72.3 Å². The van der Waals surface area contributed by atoms with Gasteiger partial charge in [-0.05, 0) is 35.7 Å². The number of quaternary nitrogens is 1. The molecule has 138 valence electrons. The number of fused-ring (bicyclic) bond motifs is 1. The fraction of sp³-hybridized carbons (Fsp3) is 0.261. The Morgan fingerprint density at radius 1 is 1.04 bits per heavy atom. The minimum Gasteiger partial charge on any atom is -0.497 e. The first-order chi connectivity index (χ1) is 13.2. The van der Waals surface area contributed by atoms with Gasteiger partial charge in [0, 0.05) is 29.5 Å². The van der Waals surface area contributed by atoms with E-state index in [0.717, 1.165) is 28.8 Å². The van der Waals surface area contributed by atoms with Gasteiger partial charge in [0.1, 0.15) is 12.3 Å². The summed E-state index contributed by atoms with van der Waals surface area (Å²) in [4.78, 5) is 14.1. The fourth-order valence-electron chi connectivity index (χ4n) is 3.58. The normalized spacial score (nSPS) is 14.7. The summed E-state index contributed by atoms with van der Waals surface area (Å²) in [5, 5.41) is 5.34. The molecule has 0 spiro atoms. The first-order valence-corrected chi connectivity index (χ1v) is 9.48. The molecule has 1 fully saturated rings. The van der Waals surface area contributed by atoms with Crippen molar-refractivity contribution in [2.75, 3.05) is 19.0 Å². The first-order valence-electron chi connectivity index (χ1n) is 9.48. The summed E-state index contributed by atoms with van der Waals surface area (Å²) in [6.07, 6.45) is 2.40. The van der Waals surface area contributed by atoms with Gasteiger partial charge in [0.25, 0.3) is 5.91 Å². The van der Waals surface area contributed by atoms with Gasteiger partial charge in [-0.2, -0.15) is 0 Å². The zero-order chi connectivity index (χ0) is 18.6. The zero-order valence-corrected chi connectivity index (χ0v) is 15.6. The summed E-state index contributed by atoms with van der Waals surface area (Å²) < 4.78 is 5.23. The number of benzene rings is 3. The van der Waals surface area contributed by atoms with Gasteiger partial charge >= 0.3 is 0 Å². The lowest BCUT2D eigenvalue weighted by atomic mass is 10.1. The van der Waals surface area contributed by atoms with Crippen molar-refractivity contribution in [1.82, 2.24) is 0 Å². The molecular formula is C23H25N2O2+. The number of carbonyl (C=O) groups is 1. The lowest BCUT2D eigenvalue weighted by Crippen LogP contribution is -3.13. The van der Waals surface area contributed by atoms with E-state index in [2.05, 4.69) is 29.6 Å². The molecular weight excluding hydrogens is 336 g/mol. The smallest absolute Gasteiger partial charge is 0.279 e. The molecule has 3 aromatic rings. The molecule has 4 rings (SSSR count). The minimum atomic E-state index is 0.0711. The quantitative estimate of drug-likeness (QED) is 0.679. The number of carbonyl (C=O) groups excluding carboxylic acids is 1. The number of ether oxygens (including phenoxy) is 1. The highest BCUT2D eigenvalue weighted by Gasteiger charge is 2.34. The van der Waals surface area contributed by atoms with Gasteiger partial charge in [0.05, 0.1) is 13.2 Å². The van der Waals surface area contributed by atoms with E-state index < -0.39 is 0 Å². The lowest BCUT2D eigenvalue weighted by molar-refractivity contribution is -0.916. The average molecular weight is 361 g/mol. The second-order valence-electron chi connectivity index (χ2n) is 7.21. The van der Waals surface area contributed by atoms with Crippen LogP contribution < -0.4 is 15.0 Å². The van der Waals surface area contributed by atoms with Crippen LogP contribution in [0.2, 0.25) is 0 Å². The van der Waals surface area contributed by atoms with E-state index in [1.54, 1.807) is 7.11 Å². The molecule has 0 radical (unpaired) electrons. The summed E-state index contributed by atoms with van der Waals surface area (Å²) in [6.45, 7) is 1.34. The Morgan fingerprint density at radius 2 is 1.78 bits per heavy atom. The minimum absolute atomic E-state index is 0.0711. The lowest BCUT2D eigenvalue weighted by Gasteiger charge is -2.19. The van der Waals surface area contributed by atoms with E-state index in [1.807, 2.05) is 42.5 Å². The Morgan fingerprint density at radius 3 is 2.52 bits per heavy atom. The Labute approximate surface area is 159 Å². The van der Waals surface area contributed by atoms with Crippen molar-refractivity contribution in [3.63, 3.8) is 0 Å². The number of hydrogen-bond acceptors (Lipinski definition) is 2. The summed E-state index contributed by atoms with van der Waals surface area (Å²) in [5.74, 6) is 0.933.